The number of aliphatic hydroxyl groups is 1. The van der Waals surface area contributed by atoms with Gasteiger partial charge in [-0.1, -0.05) is 13.8 Å². The Kier molecular flexibility index (Phi) is 6.35. The first-order valence-corrected chi connectivity index (χ1v) is 6.41. The molecule has 15 heavy (non-hydrogen) atoms. The van der Waals surface area contributed by atoms with Crippen molar-refractivity contribution < 1.29 is 22.3 Å². The van der Waals surface area contributed by atoms with E-state index in [0.29, 0.717) is 19.3 Å². The molecular formula is C9H20O5S. The van der Waals surface area contributed by atoms with Crippen molar-refractivity contribution in [3.63, 3.8) is 0 Å². The predicted molar refractivity (Wildman–Crippen MR) is 56.8 cm³/mol. The molecule has 0 aliphatic heterocycles. The number of rotatable bonds is 7. The highest BCUT2D eigenvalue weighted by Gasteiger charge is 2.18. The largest absolute Gasteiger partial charge is 0.397 e. The smallest absolute Gasteiger partial charge is 0.393 e. The van der Waals surface area contributed by atoms with Crippen molar-refractivity contribution in [2.75, 3.05) is 0 Å². The van der Waals surface area contributed by atoms with E-state index >= 15 is 0 Å². The maximum atomic E-state index is 10.5. The molecule has 0 aromatic heterocycles. The van der Waals surface area contributed by atoms with Gasteiger partial charge in [-0.25, -0.2) is 4.18 Å². The van der Waals surface area contributed by atoms with Crippen LogP contribution in [0.2, 0.25) is 0 Å². The van der Waals surface area contributed by atoms with Gasteiger partial charge in [-0.15, -0.1) is 0 Å². The first-order valence-electron chi connectivity index (χ1n) is 5.04. The Labute approximate surface area is 91.4 Å². The zero-order valence-electron chi connectivity index (χ0n) is 9.38. The Morgan fingerprint density at radius 2 is 1.73 bits per heavy atom. The Bertz CT molecular complexity index is 258. The highest BCUT2D eigenvalue weighted by atomic mass is 32.3. The molecule has 0 saturated carbocycles. The Balaban J connectivity index is 4.19. The van der Waals surface area contributed by atoms with Crippen molar-refractivity contribution in [2.24, 2.45) is 5.92 Å². The first-order chi connectivity index (χ1) is 6.70. The Morgan fingerprint density at radius 3 is 2.07 bits per heavy atom. The molecule has 2 N–H and O–H groups in total. The van der Waals surface area contributed by atoms with Crippen LogP contribution in [-0.2, 0) is 14.6 Å². The molecule has 0 aliphatic rings. The molecule has 0 unspecified atom stereocenters. The van der Waals surface area contributed by atoms with E-state index < -0.39 is 22.6 Å². The predicted octanol–water partition coefficient (Wildman–Crippen LogP) is 1.38. The first kappa shape index (κ1) is 14.8. The van der Waals surface area contributed by atoms with Crippen molar-refractivity contribution in [3.05, 3.63) is 0 Å². The molecular weight excluding hydrogens is 220 g/mol. The number of aliphatic hydroxyl groups excluding tert-OH is 1. The lowest BCUT2D eigenvalue weighted by molar-refractivity contribution is 0.117. The van der Waals surface area contributed by atoms with E-state index in [1.54, 1.807) is 6.92 Å². The Hall–Kier alpha value is -0.170. The molecule has 0 aromatic rings. The van der Waals surface area contributed by atoms with Gasteiger partial charge in [0.2, 0.25) is 0 Å². The van der Waals surface area contributed by atoms with Crippen LogP contribution in [0.4, 0.5) is 0 Å². The lowest BCUT2D eigenvalue weighted by Crippen LogP contribution is -2.21. The summed E-state index contributed by atoms with van der Waals surface area (Å²) in [4.78, 5) is 0. The summed E-state index contributed by atoms with van der Waals surface area (Å²) in [6, 6.07) is 0. The van der Waals surface area contributed by atoms with Crippen LogP contribution in [0.25, 0.3) is 0 Å². The van der Waals surface area contributed by atoms with Crippen LogP contribution < -0.4 is 0 Å². The lowest BCUT2D eigenvalue weighted by Gasteiger charge is -2.18. The molecule has 5 nitrogen and oxygen atoms in total. The van der Waals surface area contributed by atoms with Crippen LogP contribution in [0.3, 0.4) is 0 Å². The van der Waals surface area contributed by atoms with E-state index in [0.717, 1.165) is 0 Å². The molecule has 0 aromatic carbocycles. The minimum absolute atomic E-state index is 0.269. The minimum Gasteiger partial charge on any atom is -0.393 e. The van der Waals surface area contributed by atoms with Gasteiger partial charge in [0, 0.05) is 0 Å². The van der Waals surface area contributed by atoms with E-state index in [2.05, 4.69) is 4.18 Å². The molecule has 6 heteroatoms. The SMILES string of the molecule is CC(C)C[C@@H](CC[C@@H](C)O)OS(=O)(=O)O. The van der Waals surface area contributed by atoms with Crippen LogP contribution in [-0.4, -0.2) is 30.3 Å². The molecule has 0 saturated heterocycles. The van der Waals surface area contributed by atoms with Crippen LogP contribution in [0.15, 0.2) is 0 Å². The van der Waals surface area contributed by atoms with Gasteiger partial charge in [0.25, 0.3) is 0 Å². The van der Waals surface area contributed by atoms with Gasteiger partial charge in [0.1, 0.15) is 0 Å². The van der Waals surface area contributed by atoms with E-state index in [1.807, 2.05) is 13.8 Å². The topological polar surface area (TPSA) is 83.8 Å². The zero-order chi connectivity index (χ0) is 12.1. The third-order valence-electron chi connectivity index (χ3n) is 1.90. The molecule has 92 valence electrons. The fourth-order valence-electron chi connectivity index (χ4n) is 1.33. The van der Waals surface area contributed by atoms with Crippen LogP contribution in [0.5, 0.6) is 0 Å². The molecule has 0 radical (unpaired) electrons. The van der Waals surface area contributed by atoms with Crippen molar-refractivity contribution >= 4 is 10.4 Å². The summed E-state index contributed by atoms with van der Waals surface area (Å²) in [7, 11) is -4.40. The Morgan fingerprint density at radius 1 is 1.20 bits per heavy atom. The van der Waals surface area contributed by atoms with Gasteiger partial charge in [0.05, 0.1) is 12.2 Å². The second-order valence-electron chi connectivity index (χ2n) is 4.20. The quantitative estimate of drug-likeness (QED) is 0.657. The van der Waals surface area contributed by atoms with E-state index in [4.69, 9.17) is 9.66 Å². The molecule has 2 atom stereocenters. The monoisotopic (exact) mass is 240 g/mol. The van der Waals surface area contributed by atoms with E-state index in [1.165, 1.54) is 0 Å². The molecule has 0 rings (SSSR count). The van der Waals surface area contributed by atoms with Crippen LogP contribution in [0, 0.1) is 5.92 Å². The third-order valence-corrected chi connectivity index (χ3v) is 2.41. The normalized spacial score (nSPS) is 16.7. The maximum absolute atomic E-state index is 10.5. The van der Waals surface area contributed by atoms with Crippen molar-refractivity contribution in [3.8, 4) is 0 Å². The molecule has 0 fully saturated rings. The molecule has 0 aliphatic carbocycles. The summed E-state index contributed by atoms with van der Waals surface area (Å²) in [5, 5.41) is 9.07. The second-order valence-corrected chi connectivity index (χ2v) is 5.25. The fraction of sp³-hybridized carbons (Fsp3) is 1.00. The summed E-state index contributed by atoms with van der Waals surface area (Å²) in [5.41, 5.74) is 0. The van der Waals surface area contributed by atoms with E-state index in [9.17, 15) is 8.42 Å². The second kappa shape index (κ2) is 6.42. The molecule has 0 heterocycles. The summed E-state index contributed by atoms with van der Waals surface area (Å²) < 4.78 is 34.1. The average Bonchev–Trinajstić information content (AvgIpc) is 1.95. The van der Waals surface area contributed by atoms with Crippen LogP contribution >= 0.6 is 0 Å². The molecule has 0 spiro atoms. The molecule has 0 bridgehead atoms. The maximum Gasteiger partial charge on any atom is 0.397 e. The van der Waals surface area contributed by atoms with Crippen LogP contribution in [0.1, 0.15) is 40.0 Å². The van der Waals surface area contributed by atoms with Crippen molar-refractivity contribution in [2.45, 2.75) is 52.2 Å². The summed E-state index contributed by atoms with van der Waals surface area (Å²) >= 11 is 0. The zero-order valence-corrected chi connectivity index (χ0v) is 10.2. The van der Waals surface area contributed by atoms with Gasteiger partial charge in [-0.05, 0) is 32.1 Å². The van der Waals surface area contributed by atoms with Gasteiger partial charge >= 0.3 is 10.4 Å². The fourth-order valence-corrected chi connectivity index (χ4v) is 1.85. The van der Waals surface area contributed by atoms with E-state index in [-0.39, 0.29) is 5.92 Å². The summed E-state index contributed by atoms with van der Waals surface area (Å²) in [6.07, 6.45) is 0.342. The third kappa shape index (κ3) is 10.1. The summed E-state index contributed by atoms with van der Waals surface area (Å²) in [6.45, 7) is 5.49. The average molecular weight is 240 g/mol. The number of hydrogen-bond acceptors (Lipinski definition) is 4. The van der Waals surface area contributed by atoms with Gasteiger partial charge in [-0.2, -0.15) is 8.42 Å². The van der Waals surface area contributed by atoms with Crippen molar-refractivity contribution in [1.29, 1.82) is 0 Å². The van der Waals surface area contributed by atoms with Gasteiger partial charge in [-0.3, -0.25) is 4.55 Å². The highest BCUT2D eigenvalue weighted by molar-refractivity contribution is 7.80. The van der Waals surface area contributed by atoms with Crippen molar-refractivity contribution in [1.82, 2.24) is 0 Å². The molecule has 0 amide bonds. The van der Waals surface area contributed by atoms with Gasteiger partial charge < -0.3 is 5.11 Å². The highest BCUT2D eigenvalue weighted by Crippen LogP contribution is 2.16. The summed E-state index contributed by atoms with van der Waals surface area (Å²) in [5.74, 6) is 0.269. The minimum atomic E-state index is -4.40. The lowest BCUT2D eigenvalue weighted by atomic mass is 10.0. The number of hydrogen-bond donors (Lipinski definition) is 2. The van der Waals surface area contributed by atoms with Gasteiger partial charge in [0.15, 0.2) is 0 Å². The standard InChI is InChI=1S/C9H20O5S/c1-7(2)6-9(5-4-8(3)10)14-15(11,12)13/h7-10H,4-6H2,1-3H3,(H,11,12,13)/t8-,9-/m1/s1.